The third-order valence-corrected chi connectivity index (χ3v) is 4.32. The molecule has 0 aromatic heterocycles. The van der Waals surface area contributed by atoms with Gasteiger partial charge in [-0.3, -0.25) is 4.79 Å². The van der Waals surface area contributed by atoms with Crippen molar-refractivity contribution in [2.45, 2.75) is 18.9 Å². The van der Waals surface area contributed by atoms with Gasteiger partial charge in [0, 0.05) is 12.2 Å². The van der Waals surface area contributed by atoms with Crippen LogP contribution in [0.5, 0.6) is 5.75 Å². The van der Waals surface area contributed by atoms with Crippen LogP contribution in [-0.4, -0.2) is 18.3 Å². The molecule has 0 bridgehead atoms. The lowest BCUT2D eigenvalue weighted by atomic mass is 10.1. The molecule has 0 aliphatic heterocycles. The second kappa shape index (κ2) is 10.3. The molecular formula is C23H20F3N3O3. The first-order valence-electron chi connectivity index (χ1n) is 9.60. The zero-order valence-corrected chi connectivity index (χ0v) is 16.7. The van der Waals surface area contributed by atoms with Gasteiger partial charge in [0.15, 0.2) is 0 Å². The molecule has 0 aliphatic carbocycles. The van der Waals surface area contributed by atoms with Crippen molar-refractivity contribution in [3.8, 4) is 5.75 Å². The van der Waals surface area contributed by atoms with Crippen LogP contribution in [-0.2, 0) is 11.3 Å². The van der Waals surface area contributed by atoms with E-state index in [1.807, 2.05) is 6.07 Å². The maximum Gasteiger partial charge on any atom is 0.573 e. The first-order valence-corrected chi connectivity index (χ1v) is 9.60. The molecule has 0 aliphatic rings. The smallest absolute Gasteiger partial charge is 0.406 e. The Morgan fingerprint density at radius 1 is 0.844 bits per heavy atom. The molecule has 3 rings (SSSR count). The zero-order chi connectivity index (χ0) is 23.0. The zero-order valence-electron chi connectivity index (χ0n) is 16.7. The summed E-state index contributed by atoms with van der Waals surface area (Å²) in [5.41, 5.74) is 1.73. The summed E-state index contributed by atoms with van der Waals surface area (Å²) in [6.45, 7) is 0.0416. The van der Waals surface area contributed by atoms with Crippen LogP contribution in [0.1, 0.15) is 17.2 Å². The van der Waals surface area contributed by atoms with E-state index in [0.29, 0.717) is 16.8 Å². The Balaban J connectivity index is 1.62. The number of carbonyl (C=O) groups is 2. The van der Waals surface area contributed by atoms with Crippen LogP contribution in [0.15, 0.2) is 84.9 Å². The second-order valence-corrected chi connectivity index (χ2v) is 6.72. The van der Waals surface area contributed by atoms with Crippen molar-refractivity contribution < 1.29 is 27.5 Å². The molecule has 0 spiro atoms. The van der Waals surface area contributed by atoms with Crippen LogP contribution in [0.4, 0.5) is 23.7 Å². The van der Waals surface area contributed by atoms with Crippen molar-refractivity contribution in [2.24, 2.45) is 0 Å². The number of hydrogen-bond acceptors (Lipinski definition) is 3. The molecule has 166 valence electrons. The Kier molecular flexibility index (Phi) is 7.33. The number of amides is 3. The highest BCUT2D eigenvalue weighted by Crippen LogP contribution is 2.22. The standard InChI is InChI=1S/C23H20F3N3O3/c24-23(25,26)32-19-13-11-16(12-14-19)15-27-22(31)29-20(17-7-3-1-4-8-17)21(30)28-18-9-5-2-6-10-18/h1-14,20H,15H2,(H,28,30)(H2,27,29,31)/t20-/m1/s1. The van der Waals surface area contributed by atoms with E-state index in [1.54, 1.807) is 54.6 Å². The number of alkyl halides is 3. The van der Waals surface area contributed by atoms with Gasteiger partial charge in [-0.1, -0.05) is 60.7 Å². The lowest BCUT2D eigenvalue weighted by Crippen LogP contribution is -2.42. The highest BCUT2D eigenvalue weighted by Gasteiger charge is 2.31. The molecule has 9 heteroatoms. The van der Waals surface area contributed by atoms with Crippen LogP contribution < -0.4 is 20.7 Å². The summed E-state index contributed by atoms with van der Waals surface area (Å²) in [6.07, 6.45) is -4.77. The number of urea groups is 1. The van der Waals surface area contributed by atoms with Crippen LogP contribution in [0.2, 0.25) is 0 Å². The molecular weight excluding hydrogens is 423 g/mol. The third kappa shape index (κ3) is 7.05. The number of carbonyl (C=O) groups excluding carboxylic acids is 2. The van der Waals surface area contributed by atoms with Gasteiger partial charge >= 0.3 is 12.4 Å². The Labute approximate surface area is 182 Å². The van der Waals surface area contributed by atoms with Crippen LogP contribution in [0.25, 0.3) is 0 Å². The Bertz CT molecular complexity index is 1030. The number of para-hydroxylation sites is 1. The highest BCUT2D eigenvalue weighted by molar-refractivity contribution is 5.97. The van der Waals surface area contributed by atoms with E-state index in [4.69, 9.17) is 0 Å². The van der Waals surface area contributed by atoms with Gasteiger partial charge in [-0.2, -0.15) is 0 Å². The molecule has 0 saturated heterocycles. The summed E-state index contributed by atoms with van der Waals surface area (Å²) < 4.78 is 40.5. The molecule has 3 N–H and O–H groups in total. The average molecular weight is 443 g/mol. The van der Waals surface area contributed by atoms with E-state index in [2.05, 4.69) is 20.7 Å². The Hall–Kier alpha value is -4.01. The quantitative estimate of drug-likeness (QED) is 0.493. The van der Waals surface area contributed by atoms with Crippen LogP contribution in [0, 0.1) is 0 Å². The number of anilines is 1. The molecule has 0 unspecified atom stereocenters. The van der Waals surface area contributed by atoms with Gasteiger partial charge in [0.1, 0.15) is 11.8 Å². The average Bonchev–Trinajstić information content (AvgIpc) is 2.77. The molecule has 0 fully saturated rings. The Morgan fingerprint density at radius 3 is 2.03 bits per heavy atom. The van der Waals surface area contributed by atoms with Crippen molar-refractivity contribution in [1.82, 2.24) is 10.6 Å². The lowest BCUT2D eigenvalue weighted by molar-refractivity contribution is -0.274. The van der Waals surface area contributed by atoms with E-state index in [9.17, 15) is 22.8 Å². The maximum absolute atomic E-state index is 12.8. The Morgan fingerprint density at radius 2 is 1.44 bits per heavy atom. The molecule has 3 aromatic rings. The molecule has 32 heavy (non-hydrogen) atoms. The molecule has 0 saturated carbocycles. The minimum Gasteiger partial charge on any atom is -0.406 e. The summed E-state index contributed by atoms with van der Waals surface area (Å²) >= 11 is 0. The van der Waals surface area contributed by atoms with Gasteiger partial charge in [-0.15, -0.1) is 13.2 Å². The predicted octanol–water partition coefficient (Wildman–Crippen LogP) is 4.76. The number of halogens is 3. The van der Waals surface area contributed by atoms with Gasteiger partial charge in [-0.25, -0.2) is 4.79 Å². The molecule has 3 aromatic carbocycles. The molecule has 0 heterocycles. The maximum atomic E-state index is 12.8. The summed E-state index contributed by atoms with van der Waals surface area (Å²) in [7, 11) is 0. The van der Waals surface area contributed by atoms with Crippen molar-refractivity contribution >= 4 is 17.6 Å². The fourth-order valence-electron chi connectivity index (χ4n) is 2.86. The summed E-state index contributed by atoms with van der Waals surface area (Å²) in [5, 5.41) is 7.98. The van der Waals surface area contributed by atoms with E-state index in [0.717, 1.165) is 12.1 Å². The topological polar surface area (TPSA) is 79.5 Å². The second-order valence-electron chi connectivity index (χ2n) is 6.72. The van der Waals surface area contributed by atoms with Crippen molar-refractivity contribution in [3.05, 3.63) is 96.1 Å². The lowest BCUT2D eigenvalue weighted by Gasteiger charge is -2.19. The minimum atomic E-state index is -4.77. The van der Waals surface area contributed by atoms with Crippen molar-refractivity contribution in [1.29, 1.82) is 0 Å². The van der Waals surface area contributed by atoms with Crippen LogP contribution >= 0.6 is 0 Å². The number of nitrogens with one attached hydrogen (secondary N) is 3. The van der Waals surface area contributed by atoms with Crippen molar-refractivity contribution in [3.63, 3.8) is 0 Å². The summed E-state index contributed by atoms with van der Waals surface area (Å²) in [6, 6.07) is 21.1. The van der Waals surface area contributed by atoms with Gasteiger partial charge in [0.05, 0.1) is 0 Å². The van der Waals surface area contributed by atoms with E-state index in [-0.39, 0.29) is 12.3 Å². The number of rotatable bonds is 7. The molecule has 6 nitrogen and oxygen atoms in total. The fourth-order valence-corrected chi connectivity index (χ4v) is 2.86. The monoisotopic (exact) mass is 443 g/mol. The largest absolute Gasteiger partial charge is 0.573 e. The van der Waals surface area contributed by atoms with E-state index < -0.39 is 24.3 Å². The van der Waals surface area contributed by atoms with Crippen molar-refractivity contribution in [2.75, 3.05) is 5.32 Å². The fraction of sp³-hybridized carbons (Fsp3) is 0.130. The van der Waals surface area contributed by atoms with Crippen LogP contribution in [0.3, 0.4) is 0 Å². The number of ether oxygens (including phenoxy) is 1. The number of hydrogen-bond donors (Lipinski definition) is 3. The third-order valence-electron chi connectivity index (χ3n) is 4.32. The SMILES string of the molecule is O=C(NCc1ccc(OC(F)(F)F)cc1)N[C@@H](C(=O)Nc1ccccc1)c1ccccc1. The first-order chi connectivity index (χ1) is 15.3. The normalized spacial score (nSPS) is 11.8. The molecule has 3 amide bonds. The van der Waals surface area contributed by atoms with Gasteiger partial charge in [0.2, 0.25) is 0 Å². The van der Waals surface area contributed by atoms with Gasteiger partial charge in [-0.05, 0) is 35.4 Å². The minimum absolute atomic E-state index is 0.0416. The summed E-state index contributed by atoms with van der Waals surface area (Å²) in [4.78, 5) is 25.3. The van der Waals surface area contributed by atoms with Gasteiger partial charge < -0.3 is 20.7 Å². The predicted molar refractivity (Wildman–Crippen MR) is 113 cm³/mol. The molecule has 0 radical (unpaired) electrons. The highest BCUT2D eigenvalue weighted by atomic mass is 19.4. The van der Waals surface area contributed by atoms with E-state index in [1.165, 1.54) is 12.1 Å². The number of benzene rings is 3. The van der Waals surface area contributed by atoms with Gasteiger partial charge in [0.25, 0.3) is 5.91 Å². The first kappa shape index (κ1) is 22.7. The summed E-state index contributed by atoms with van der Waals surface area (Å²) in [5.74, 6) is -0.779. The molecule has 1 atom stereocenters. The van der Waals surface area contributed by atoms with E-state index >= 15 is 0 Å².